The van der Waals surface area contributed by atoms with Crippen LogP contribution in [0.15, 0.2) is 158 Å². The summed E-state index contributed by atoms with van der Waals surface area (Å²) < 4.78 is 0. The second-order valence-corrected chi connectivity index (χ2v) is 11.1. The molecule has 0 bridgehead atoms. The normalized spacial score (nSPS) is 11.0. The molecular weight excluding hydrogens is 560 g/mol. The molecule has 46 heavy (non-hydrogen) atoms. The predicted molar refractivity (Wildman–Crippen MR) is 188 cm³/mol. The van der Waals surface area contributed by atoms with E-state index in [1.54, 1.807) is 0 Å². The molecule has 4 heteroatoms. The van der Waals surface area contributed by atoms with Crippen LogP contribution in [0.5, 0.6) is 0 Å². The van der Waals surface area contributed by atoms with Crippen molar-refractivity contribution in [3.8, 4) is 56.4 Å². The first-order valence-corrected chi connectivity index (χ1v) is 15.2. The molecule has 0 fully saturated rings. The number of hydrogen-bond donors (Lipinski definition) is 0. The summed E-state index contributed by atoms with van der Waals surface area (Å²) in [5, 5.41) is 4.63. The molecule has 0 unspecified atom stereocenters. The summed E-state index contributed by atoms with van der Waals surface area (Å²) in [5.74, 6) is 1.91. The maximum absolute atomic E-state index is 7.58. The fourth-order valence-corrected chi connectivity index (χ4v) is 6.21. The van der Waals surface area contributed by atoms with E-state index < -0.39 is 0 Å². The Balaban J connectivity index is 1.30. The standard InChI is InChI=1S/C42H26N4/c1-43-33-18-12-17-32(27-33)39-36-21-10-8-19-34(36)38(35-20-9-11-22-37(35)39)28-23-25-31(26-24-28)42-45-40(29-13-4-2-5-14-29)44-41(46-42)30-15-6-3-7-16-30/h2-27H. The number of rotatable bonds is 5. The Morgan fingerprint density at radius 2 is 0.717 bits per heavy atom. The molecular formula is C42H26N4. The monoisotopic (exact) mass is 586 g/mol. The molecule has 0 aliphatic heterocycles. The van der Waals surface area contributed by atoms with Gasteiger partial charge in [-0.15, -0.1) is 0 Å². The molecule has 7 aromatic carbocycles. The summed E-state index contributed by atoms with van der Waals surface area (Å²) in [6.45, 7) is 7.58. The van der Waals surface area contributed by atoms with Crippen LogP contribution in [-0.2, 0) is 0 Å². The minimum absolute atomic E-state index is 0.629. The van der Waals surface area contributed by atoms with E-state index in [-0.39, 0.29) is 0 Å². The van der Waals surface area contributed by atoms with Crippen molar-refractivity contribution in [1.82, 2.24) is 15.0 Å². The van der Waals surface area contributed by atoms with Crippen molar-refractivity contribution >= 4 is 27.2 Å². The molecule has 0 N–H and O–H groups in total. The Labute approximate surface area is 267 Å². The van der Waals surface area contributed by atoms with Crippen molar-refractivity contribution in [3.63, 3.8) is 0 Å². The van der Waals surface area contributed by atoms with Gasteiger partial charge in [0.15, 0.2) is 23.2 Å². The Morgan fingerprint density at radius 1 is 0.348 bits per heavy atom. The van der Waals surface area contributed by atoms with Crippen LogP contribution in [0.1, 0.15) is 0 Å². The quantitative estimate of drug-likeness (QED) is 0.149. The SMILES string of the molecule is [C-]#[N+]c1cccc(-c2c3ccccc3c(-c3ccc(-c4nc(-c5ccccc5)nc(-c5ccccc5)n4)cc3)c3ccccc23)c1. The highest BCUT2D eigenvalue weighted by atomic mass is 15.0. The second-order valence-electron chi connectivity index (χ2n) is 11.1. The van der Waals surface area contributed by atoms with Crippen LogP contribution >= 0.6 is 0 Å². The highest BCUT2D eigenvalue weighted by Gasteiger charge is 2.17. The van der Waals surface area contributed by atoms with E-state index in [0.29, 0.717) is 23.2 Å². The molecule has 214 valence electrons. The van der Waals surface area contributed by atoms with Crippen molar-refractivity contribution in [2.24, 2.45) is 0 Å². The van der Waals surface area contributed by atoms with Gasteiger partial charge in [0, 0.05) is 16.7 Å². The Kier molecular flexibility index (Phi) is 6.83. The molecule has 0 aliphatic carbocycles. The molecule has 0 saturated heterocycles. The van der Waals surface area contributed by atoms with Gasteiger partial charge in [0.25, 0.3) is 0 Å². The number of nitrogens with zero attached hydrogens (tertiary/aromatic N) is 4. The minimum atomic E-state index is 0.629. The molecule has 0 spiro atoms. The molecule has 8 aromatic rings. The van der Waals surface area contributed by atoms with E-state index in [9.17, 15) is 0 Å². The van der Waals surface area contributed by atoms with Gasteiger partial charge in [-0.2, -0.15) is 0 Å². The van der Waals surface area contributed by atoms with Crippen LogP contribution in [-0.4, -0.2) is 15.0 Å². The topological polar surface area (TPSA) is 43.0 Å². The van der Waals surface area contributed by atoms with Gasteiger partial charge in [0.05, 0.1) is 6.57 Å². The van der Waals surface area contributed by atoms with Gasteiger partial charge in [-0.1, -0.05) is 152 Å². The summed E-state index contributed by atoms with van der Waals surface area (Å²) in [4.78, 5) is 18.4. The zero-order valence-corrected chi connectivity index (χ0v) is 24.8. The van der Waals surface area contributed by atoms with Crippen molar-refractivity contribution in [2.75, 3.05) is 0 Å². The third-order valence-corrected chi connectivity index (χ3v) is 8.33. The number of aromatic nitrogens is 3. The highest BCUT2D eigenvalue weighted by Crippen LogP contribution is 2.44. The average molecular weight is 587 g/mol. The maximum Gasteiger partial charge on any atom is 0.187 e. The van der Waals surface area contributed by atoms with E-state index in [1.807, 2.05) is 78.9 Å². The number of fused-ring (bicyclic) bond motifs is 2. The van der Waals surface area contributed by atoms with Gasteiger partial charge in [-0.05, 0) is 49.9 Å². The summed E-state index contributed by atoms with van der Waals surface area (Å²) >= 11 is 0. The van der Waals surface area contributed by atoms with Gasteiger partial charge in [-0.25, -0.2) is 19.8 Å². The summed E-state index contributed by atoms with van der Waals surface area (Å²) in [6.07, 6.45) is 0. The Bertz CT molecular complexity index is 2290. The van der Waals surface area contributed by atoms with E-state index in [1.165, 1.54) is 5.56 Å². The molecule has 0 radical (unpaired) electrons. The number of hydrogen-bond acceptors (Lipinski definition) is 3. The summed E-state index contributed by atoms with van der Waals surface area (Å²) in [7, 11) is 0. The van der Waals surface area contributed by atoms with Crippen molar-refractivity contribution < 1.29 is 0 Å². The fourth-order valence-electron chi connectivity index (χ4n) is 6.21. The molecule has 0 atom stereocenters. The van der Waals surface area contributed by atoms with Gasteiger partial charge in [0.1, 0.15) is 0 Å². The first-order chi connectivity index (χ1) is 22.8. The van der Waals surface area contributed by atoms with Crippen LogP contribution in [0.2, 0.25) is 0 Å². The van der Waals surface area contributed by atoms with Gasteiger partial charge < -0.3 is 0 Å². The Hall–Kier alpha value is -6.44. The van der Waals surface area contributed by atoms with Crippen LogP contribution in [0, 0.1) is 6.57 Å². The zero-order chi connectivity index (χ0) is 30.9. The van der Waals surface area contributed by atoms with E-state index in [4.69, 9.17) is 21.5 Å². The first kappa shape index (κ1) is 27.1. The summed E-state index contributed by atoms with van der Waals surface area (Å²) in [5.41, 5.74) is 7.91. The van der Waals surface area contributed by atoms with Crippen LogP contribution < -0.4 is 0 Å². The lowest BCUT2D eigenvalue weighted by Crippen LogP contribution is -2.00. The molecule has 4 nitrogen and oxygen atoms in total. The van der Waals surface area contributed by atoms with Gasteiger partial charge >= 0.3 is 0 Å². The molecule has 1 aromatic heterocycles. The highest BCUT2D eigenvalue weighted by molar-refractivity contribution is 6.21. The molecule has 0 aliphatic rings. The average Bonchev–Trinajstić information content (AvgIpc) is 3.14. The van der Waals surface area contributed by atoms with Crippen LogP contribution in [0.4, 0.5) is 5.69 Å². The first-order valence-electron chi connectivity index (χ1n) is 15.2. The molecule has 8 rings (SSSR count). The summed E-state index contributed by atoms with van der Waals surface area (Å²) in [6, 6.07) is 53.6. The molecule has 1 heterocycles. The van der Waals surface area contributed by atoms with Crippen LogP contribution in [0.3, 0.4) is 0 Å². The van der Waals surface area contributed by atoms with E-state index in [2.05, 4.69) is 83.7 Å². The lowest BCUT2D eigenvalue weighted by Gasteiger charge is -2.18. The predicted octanol–water partition coefficient (Wildman–Crippen LogP) is 11.1. The lowest BCUT2D eigenvalue weighted by atomic mass is 9.86. The smallest absolute Gasteiger partial charge is 0.187 e. The van der Waals surface area contributed by atoms with Crippen molar-refractivity contribution in [3.05, 3.63) is 169 Å². The third kappa shape index (κ3) is 4.87. The fraction of sp³-hybridized carbons (Fsp3) is 0. The Morgan fingerprint density at radius 3 is 1.17 bits per heavy atom. The molecule has 0 amide bonds. The number of benzene rings is 7. The largest absolute Gasteiger partial charge is 0.238 e. The van der Waals surface area contributed by atoms with Gasteiger partial charge in [0.2, 0.25) is 0 Å². The van der Waals surface area contributed by atoms with Crippen molar-refractivity contribution in [1.29, 1.82) is 0 Å². The molecule has 0 saturated carbocycles. The maximum atomic E-state index is 7.58. The van der Waals surface area contributed by atoms with E-state index >= 15 is 0 Å². The minimum Gasteiger partial charge on any atom is -0.238 e. The second kappa shape index (κ2) is 11.6. The van der Waals surface area contributed by atoms with Crippen molar-refractivity contribution in [2.45, 2.75) is 0 Å². The third-order valence-electron chi connectivity index (χ3n) is 8.33. The van der Waals surface area contributed by atoms with E-state index in [0.717, 1.165) is 54.9 Å². The zero-order valence-electron chi connectivity index (χ0n) is 24.8. The van der Waals surface area contributed by atoms with Gasteiger partial charge in [-0.3, -0.25) is 0 Å². The van der Waals surface area contributed by atoms with Crippen LogP contribution in [0.25, 0.3) is 82.8 Å². The lowest BCUT2D eigenvalue weighted by molar-refractivity contribution is 1.07.